The fourth-order valence-corrected chi connectivity index (χ4v) is 5.19. The molecule has 2 fully saturated rings. The van der Waals surface area contributed by atoms with Gasteiger partial charge in [-0.15, -0.1) is 0 Å². The van der Waals surface area contributed by atoms with Gasteiger partial charge in [-0.3, -0.25) is 19.3 Å². The summed E-state index contributed by atoms with van der Waals surface area (Å²) in [6, 6.07) is 16.9. The summed E-state index contributed by atoms with van der Waals surface area (Å²) in [6.07, 6.45) is 2.30. The van der Waals surface area contributed by atoms with Crippen molar-refractivity contribution in [1.29, 1.82) is 0 Å². The summed E-state index contributed by atoms with van der Waals surface area (Å²) in [5, 5.41) is 3.26. The number of benzene rings is 2. The molecule has 5 rings (SSSR count). The molecule has 2 aliphatic heterocycles. The Morgan fingerprint density at radius 2 is 1.73 bits per heavy atom. The van der Waals surface area contributed by atoms with Crippen LogP contribution < -0.4 is 5.32 Å². The lowest BCUT2D eigenvalue weighted by atomic mass is 9.96. The van der Waals surface area contributed by atoms with Crippen LogP contribution in [0.1, 0.15) is 44.9 Å². The minimum atomic E-state index is -0.994. The molecule has 0 saturated carbocycles. The second-order valence-corrected chi connectivity index (χ2v) is 9.79. The molecule has 192 valence electrons. The molecule has 0 aliphatic carbocycles. The zero-order valence-electron chi connectivity index (χ0n) is 20.5. The number of nitrogens with zero attached hydrogens (tertiary/aromatic N) is 2. The van der Waals surface area contributed by atoms with Gasteiger partial charge in [0.2, 0.25) is 5.91 Å². The summed E-state index contributed by atoms with van der Waals surface area (Å²) in [5.74, 6) is -0.141. The molecule has 1 spiro atoms. The summed E-state index contributed by atoms with van der Waals surface area (Å²) in [7, 11) is 0. The number of ether oxygens (including phenoxy) is 1. The highest BCUT2D eigenvalue weighted by Crippen LogP contribution is 2.39. The first-order chi connectivity index (χ1) is 17.9. The maximum atomic E-state index is 13.8. The fourth-order valence-electron chi connectivity index (χ4n) is 4.97. The molecule has 1 N–H and O–H groups in total. The smallest absolute Gasteiger partial charge is 0.256 e. The van der Waals surface area contributed by atoms with Crippen LogP contribution in [0, 0.1) is 6.92 Å². The van der Waals surface area contributed by atoms with Crippen LogP contribution in [0.2, 0.25) is 5.02 Å². The molecular formula is C28H28ClN3O5. The zero-order chi connectivity index (χ0) is 26.0. The van der Waals surface area contributed by atoms with Crippen LogP contribution in [0.15, 0.2) is 71.3 Å². The third-order valence-electron chi connectivity index (χ3n) is 7.03. The van der Waals surface area contributed by atoms with E-state index in [-0.39, 0.29) is 30.9 Å². The maximum Gasteiger partial charge on any atom is 0.256 e. The number of likely N-dealkylation sites (tertiary alicyclic amines) is 1. The largest absolute Gasteiger partial charge is 0.467 e. The monoisotopic (exact) mass is 521 g/mol. The molecule has 2 saturated heterocycles. The van der Waals surface area contributed by atoms with E-state index in [1.807, 2.05) is 19.1 Å². The van der Waals surface area contributed by atoms with Gasteiger partial charge in [-0.25, -0.2) is 0 Å². The van der Waals surface area contributed by atoms with Crippen molar-refractivity contribution < 1.29 is 23.5 Å². The minimum absolute atomic E-state index is 0.0695. The zero-order valence-corrected chi connectivity index (χ0v) is 21.2. The number of halogens is 1. The lowest BCUT2D eigenvalue weighted by molar-refractivity contribution is -0.128. The molecule has 0 radical (unpaired) electrons. The van der Waals surface area contributed by atoms with Gasteiger partial charge in [0.05, 0.1) is 30.0 Å². The number of piperidine rings is 1. The first kappa shape index (κ1) is 25.0. The number of carbonyl (C=O) groups is 3. The van der Waals surface area contributed by atoms with E-state index in [2.05, 4.69) is 5.32 Å². The molecule has 1 atom stereocenters. The quantitative estimate of drug-likeness (QED) is 0.547. The van der Waals surface area contributed by atoms with Crippen LogP contribution in [-0.2, 0) is 16.1 Å². The Balaban J connectivity index is 1.37. The van der Waals surface area contributed by atoms with Crippen LogP contribution in [0.25, 0.3) is 0 Å². The molecule has 3 amide bonds. The van der Waals surface area contributed by atoms with E-state index in [0.29, 0.717) is 47.8 Å². The Kier molecular flexibility index (Phi) is 7.04. The first-order valence-corrected chi connectivity index (χ1v) is 12.6. The number of hydrogen-bond acceptors (Lipinski definition) is 5. The number of hydrogen-bond donors (Lipinski definition) is 1. The highest BCUT2D eigenvalue weighted by atomic mass is 35.5. The molecule has 9 heteroatoms. The molecule has 2 aromatic carbocycles. The van der Waals surface area contributed by atoms with Gasteiger partial charge in [0.1, 0.15) is 17.5 Å². The fraction of sp³-hybridized carbons (Fsp3) is 0.321. The summed E-state index contributed by atoms with van der Waals surface area (Å²) < 4.78 is 11.6. The van der Waals surface area contributed by atoms with Gasteiger partial charge in [0.25, 0.3) is 11.8 Å². The predicted octanol–water partition coefficient (Wildman–Crippen LogP) is 4.03. The maximum absolute atomic E-state index is 13.8. The second-order valence-electron chi connectivity index (χ2n) is 9.38. The van der Waals surface area contributed by atoms with Gasteiger partial charge in [-0.1, -0.05) is 41.4 Å². The van der Waals surface area contributed by atoms with Gasteiger partial charge < -0.3 is 19.4 Å². The SMILES string of the molecule is Cc1ccc(C(=O)N2C(C(=O)NCc3ccco3)COC23CCN(C(=O)c2ccccc2Cl)CC3)cc1. The number of furan rings is 1. The van der Waals surface area contributed by atoms with E-state index in [1.54, 1.807) is 64.6 Å². The minimum Gasteiger partial charge on any atom is -0.467 e. The van der Waals surface area contributed by atoms with Crippen LogP contribution in [0.3, 0.4) is 0 Å². The number of carbonyl (C=O) groups excluding carboxylic acids is 3. The predicted molar refractivity (Wildman–Crippen MR) is 137 cm³/mol. The van der Waals surface area contributed by atoms with E-state index in [0.717, 1.165) is 5.56 Å². The Morgan fingerprint density at radius 1 is 1.00 bits per heavy atom. The van der Waals surface area contributed by atoms with Crippen molar-refractivity contribution >= 4 is 29.3 Å². The Hall–Kier alpha value is -3.62. The van der Waals surface area contributed by atoms with E-state index in [4.69, 9.17) is 20.8 Å². The molecule has 3 heterocycles. The van der Waals surface area contributed by atoms with E-state index in [9.17, 15) is 14.4 Å². The average Bonchev–Trinajstić information content (AvgIpc) is 3.56. The summed E-state index contributed by atoms with van der Waals surface area (Å²) >= 11 is 6.25. The molecular weight excluding hydrogens is 494 g/mol. The van der Waals surface area contributed by atoms with Crippen molar-refractivity contribution in [3.05, 3.63) is 94.4 Å². The van der Waals surface area contributed by atoms with Crippen molar-refractivity contribution in [2.75, 3.05) is 19.7 Å². The van der Waals surface area contributed by atoms with Crippen molar-refractivity contribution in [2.24, 2.45) is 0 Å². The Labute approximate surface area is 220 Å². The number of rotatable bonds is 5. The lowest BCUT2D eigenvalue weighted by Crippen LogP contribution is -2.59. The van der Waals surface area contributed by atoms with E-state index >= 15 is 0 Å². The third-order valence-corrected chi connectivity index (χ3v) is 7.36. The van der Waals surface area contributed by atoms with Crippen LogP contribution in [-0.4, -0.2) is 59.0 Å². The Bertz CT molecular complexity index is 1280. The van der Waals surface area contributed by atoms with Crippen LogP contribution in [0.5, 0.6) is 0 Å². The average molecular weight is 522 g/mol. The molecule has 8 nitrogen and oxygen atoms in total. The molecule has 37 heavy (non-hydrogen) atoms. The normalized spacial score (nSPS) is 18.7. The standard InChI is InChI=1S/C28H28ClN3O5/c1-19-8-10-20(11-9-19)26(34)32-24(25(33)30-17-21-5-4-16-36-21)18-37-28(32)12-14-31(15-13-28)27(35)22-6-2-3-7-23(22)29/h2-11,16,24H,12-15,17-18H2,1H3,(H,30,33). The van der Waals surface area contributed by atoms with E-state index in [1.165, 1.54) is 0 Å². The van der Waals surface area contributed by atoms with E-state index < -0.39 is 11.8 Å². The van der Waals surface area contributed by atoms with Crippen LogP contribution in [0.4, 0.5) is 0 Å². The van der Waals surface area contributed by atoms with Gasteiger partial charge in [0.15, 0.2) is 0 Å². The number of aryl methyl sites for hydroxylation is 1. The summed E-state index contributed by atoms with van der Waals surface area (Å²) in [5.41, 5.74) is 0.957. The number of nitrogens with one attached hydrogen (secondary N) is 1. The molecule has 0 bridgehead atoms. The summed E-state index contributed by atoms with van der Waals surface area (Å²) in [6.45, 7) is 2.96. The lowest BCUT2D eigenvalue weighted by Gasteiger charge is -2.44. The van der Waals surface area contributed by atoms with Crippen molar-refractivity contribution in [3.8, 4) is 0 Å². The first-order valence-electron chi connectivity index (χ1n) is 12.3. The third kappa shape index (κ3) is 4.99. The van der Waals surface area contributed by atoms with Gasteiger partial charge in [-0.2, -0.15) is 0 Å². The van der Waals surface area contributed by atoms with Gasteiger partial charge in [-0.05, 0) is 43.3 Å². The van der Waals surface area contributed by atoms with Crippen molar-refractivity contribution in [1.82, 2.24) is 15.1 Å². The topological polar surface area (TPSA) is 92.1 Å². The highest BCUT2D eigenvalue weighted by molar-refractivity contribution is 6.33. The van der Waals surface area contributed by atoms with Gasteiger partial charge >= 0.3 is 0 Å². The number of amides is 3. The summed E-state index contributed by atoms with van der Waals surface area (Å²) in [4.78, 5) is 43.5. The Morgan fingerprint density at radius 3 is 2.41 bits per heavy atom. The van der Waals surface area contributed by atoms with Gasteiger partial charge in [0, 0.05) is 31.5 Å². The molecule has 2 aliphatic rings. The van der Waals surface area contributed by atoms with Crippen molar-refractivity contribution in [3.63, 3.8) is 0 Å². The van der Waals surface area contributed by atoms with Crippen molar-refractivity contribution in [2.45, 2.75) is 38.1 Å². The molecule has 3 aromatic rings. The van der Waals surface area contributed by atoms with Crippen LogP contribution >= 0.6 is 11.6 Å². The molecule has 1 unspecified atom stereocenters. The molecule has 1 aromatic heterocycles. The highest BCUT2D eigenvalue weighted by Gasteiger charge is 2.54. The second kappa shape index (κ2) is 10.4.